The van der Waals surface area contributed by atoms with Crippen molar-refractivity contribution in [1.82, 2.24) is 0 Å². The molecule has 0 aliphatic carbocycles. The van der Waals surface area contributed by atoms with Crippen LogP contribution in [0.25, 0.3) is 5.57 Å². The number of halogens is 3. The fourth-order valence-corrected chi connectivity index (χ4v) is 3.10. The molecule has 0 aromatic heterocycles. The molecule has 0 saturated carbocycles. The summed E-state index contributed by atoms with van der Waals surface area (Å²) in [6.45, 7) is 8.24. The Hall–Kier alpha value is -2.69. The summed E-state index contributed by atoms with van der Waals surface area (Å²) in [5.41, 5.74) is 3.21. The number of nitrogens with zero attached hydrogens (tertiary/aromatic N) is 1. The zero-order valence-electron chi connectivity index (χ0n) is 15.2. The summed E-state index contributed by atoms with van der Waals surface area (Å²) in [7, 11) is 0. The van der Waals surface area contributed by atoms with E-state index in [9.17, 15) is 18.0 Å². The minimum absolute atomic E-state index is 0.0895. The molecule has 0 atom stereocenters. The van der Waals surface area contributed by atoms with Crippen LogP contribution < -0.4 is 0 Å². The highest BCUT2D eigenvalue weighted by atomic mass is 19.4. The maximum Gasteiger partial charge on any atom is 0.416 e. The van der Waals surface area contributed by atoms with E-state index in [1.54, 1.807) is 0 Å². The van der Waals surface area contributed by atoms with Crippen LogP contribution in [-0.4, -0.2) is 12.0 Å². The fraction of sp³-hybridized carbons (Fsp3) is 0.273. The van der Waals surface area contributed by atoms with E-state index in [0.717, 1.165) is 34.5 Å². The Labute approximate surface area is 156 Å². The second-order valence-electron chi connectivity index (χ2n) is 7.31. The molecule has 0 fully saturated rings. The molecule has 0 radical (unpaired) electrons. The first-order chi connectivity index (χ1) is 12.6. The SMILES string of the molecule is C=C(CCC(=O)c1ccc(C(F)(F)F)cc1)c1ccc2c(c1)N=CC2(C)C. The first-order valence-corrected chi connectivity index (χ1v) is 8.66. The van der Waals surface area contributed by atoms with Gasteiger partial charge in [0.25, 0.3) is 0 Å². The Morgan fingerprint density at radius 1 is 1.04 bits per heavy atom. The van der Waals surface area contributed by atoms with Crippen LogP contribution in [0, 0.1) is 0 Å². The monoisotopic (exact) mass is 371 g/mol. The predicted molar refractivity (Wildman–Crippen MR) is 102 cm³/mol. The van der Waals surface area contributed by atoms with E-state index in [1.807, 2.05) is 24.4 Å². The normalized spacial score (nSPS) is 14.9. The van der Waals surface area contributed by atoms with Gasteiger partial charge in [-0.05, 0) is 41.3 Å². The molecule has 2 aromatic carbocycles. The van der Waals surface area contributed by atoms with Crippen LogP contribution in [0.2, 0.25) is 0 Å². The molecule has 1 aliphatic rings. The minimum atomic E-state index is -4.40. The molecule has 0 unspecified atom stereocenters. The van der Waals surface area contributed by atoms with Crippen LogP contribution in [-0.2, 0) is 11.6 Å². The second-order valence-corrected chi connectivity index (χ2v) is 7.31. The van der Waals surface area contributed by atoms with Crippen LogP contribution in [0.4, 0.5) is 18.9 Å². The molecule has 140 valence electrons. The number of Topliss-reactive ketones (excluding diaryl/α,β-unsaturated/α-hetero) is 1. The number of benzene rings is 2. The molecule has 3 rings (SSSR count). The van der Waals surface area contributed by atoms with Crippen LogP contribution in [0.1, 0.15) is 53.7 Å². The van der Waals surface area contributed by atoms with Crippen molar-refractivity contribution in [3.8, 4) is 0 Å². The Morgan fingerprint density at radius 2 is 1.67 bits per heavy atom. The van der Waals surface area contributed by atoms with Gasteiger partial charge in [-0.15, -0.1) is 0 Å². The zero-order chi connectivity index (χ0) is 19.8. The third kappa shape index (κ3) is 4.02. The van der Waals surface area contributed by atoms with Crippen LogP contribution in [0.5, 0.6) is 0 Å². The molecule has 1 aliphatic heterocycles. The van der Waals surface area contributed by atoms with Gasteiger partial charge >= 0.3 is 6.18 Å². The molecule has 27 heavy (non-hydrogen) atoms. The summed E-state index contributed by atoms with van der Waals surface area (Å²) in [5, 5.41) is 0. The predicted octanol–water partition coefficient (Wildman–Crippen LogP) is 6.38. The van der Waals surface area contributed by atoms with E-state index in [4.69, 9.17) is 0 Å². The highest BCUT2D eigenvalue weighted by Crippen LogP contribution is 2.38. The highest BCUT2D eigenvalue weighted by Gasteiger charge is 2.30. The Morgan fingerprint density at radius 3 is 2.30 bits per heavy atom. The lowest BCUT2D eigenvalue weighted by atomic mass is 9.86. The molecule has 0 amide bonds. The van der Waals surface area contributed by atoms with E-state index in [0.29, 0.717) is 6.42 Å². The minimum Gasteiger partial charge on any atom is -0.294 e. The highest BCUT2D eigenvalue weighted by molar-refractivity contribution is 5.97. The average Bonchev–Trinajstić information content (AvgIpc) is 2.93. The zero-order valence-corrected chi connectivity index (χ0v) is 15.2. The largest absolute Gasteiger partial charge is 0.416 e. The Balaban J connectivity index is 1.64. The van der Waals surface area contributed by atoms with Gasteiger partial charge in [0, 0.05) is 23.6 Å². The van der Waals surface area contributed by atoms with Crippen molar-refractivity contribution in [2.24, 2.45) is 4.99 Å². The molecule has 5 heteroatoms. The smallest absolute Gasteiger partial charge is 0.294 e. The van der Waals surface area contributed by atoms with Gasteiger partial charge in [0.15, 0.2) is 5.78 Å². The first kappa shape index (κ1) is 19.1. The van der Waals surface area contributed by atoms with Gasteiger partial charge in [-0.1, -0.05) is 44.7 Å². The molecule has 0 spiro atoms. The number of aliphatic imine (C=N–C) groups is 1. The summed E-state index contributed by atoms with van der Waals surface area (Å²) in [5.74, 6) is -0.204. The maximum absolute atomic E-state index is 12.6. The van der Waals surface area contributed by atoms with Crippen LogP contribution in [0.3, 0.4) is 0 Å². The summed E-state index contributed by atoms with van der Waals surface area (Å²) in [6, 6.07) is 10.3. The number of carbonyl (C=O) groups excluding carboxylic acids is 1. The number of allylic oxidation sites excluding steroid dienone is 1. The number of carbonyl (C=O) groups is 1. The Bertz CT molecular complexity index is 922. The molecule has 2 nitrogen and oxygen atoms in total. The third-order valence-electron chi connectivity index (χ3n) is 4.81. The van der Waals surface area contributed by atoms with Crippen molar-refractivity contribution >= 4 is 23.3 Å². The summed E-state index contributed by atoms with van der Waals surface area (Å²) in [6.07, 6.45) is -1.86. The van der Waals surface area contributed by atoms with Gasteiger partial charge in [0.1, 0.15) is 0 Å². The summed E-state index contributed by atoms with van der Waals surface area (Å²) in [4.78, 5) is 16.7. The van der Waals surface area contributed by atoms with E-state index in [1.165, 1.54) is 12.1 Å². The Kier molecular flexibility index (Phi) is 4.81. The van der Waals surface area contributed by atoms with Crippen LogP contribution >= 0.6 is 0 Å². The molecule has 2 aromatic rings. The van der Waals surface area contributed by atoms with E-state index in [2.05, 4.69) is 25.4 Å². The number of alkyl halides is 3. The molecule has 1 heterocycles. The van der Waals surface area contributed by atoms with E-state index in [-0.39, 0.29) is 23.2 Å². The number of ketones is 1. The fourth-order valence-electron chi connectivity index (χ4n) is 3.10. The topological polar surface area (TPSA) is 29.4 Å². The lowest BCUT2D eigenvalue weighted by Gasteiger charge is -2.16. The van der Waals surface area contributed by atoms with Gasteiger partial charge in [-0.25, -0.2) is 0 Å². The van der Waals surface area contributed by atoms with E-state index >= 15 is 0 Å². The molecule has 0 N–H and O–H groups in total. The standard InChI is InChI=1S/C22H20F3NO/c1-14(16-7-10-18-19(12-16)26-13-21(18,2)3)4-11-20(27)15-5-8-17(9-6-15)22(23,24)25/h5-10,12-13H,1,4,11H2,2-3H3. The van der Waals surface area contributed by atoms with Gasteiger partial charge in [0.05, 0.1) is 11.3 Å². The number of hydrogen-bond acceptors (Lipinski definition) is 2. The summed E-state index contributed by atoms with van der Waals surface area (Å²) >= 11 is 0. The molecular weight excluding hydrogens is 351 g/mol. The second kappa shape index (κ2) is 6.80. The van der Waals surface area contributed by atoms with Gasteiger partial charge < -0.3 is 0 Å². The number of rotatable bonds is 5. The van der Waals surface area contributed by atoms with Crippen molar-refractivity contribution in [2.75, 3.05) is 0 Å². The van der Waals surface area contributed by atoms with Crippen molar-refractivity contribution < 1.29 is 18.0 Å². The van der Waals surface area contributed by atoms with Gasteiger partial charge in [-0.3, -0.25) is 9.79 Å². The third-order valence-corrected chi connectivity index (χ3v) is 4.81. The molecular formula is C22H20F3NO. The average molecular weight is 371 g/mol. The van der Waals surface area contributed by atoms with Crippen molar-refractivity contribution in [3.05, 3.63) is 71.3 Å². The number of fused-ring (bicyclic) bond motifs is 1. The van der Waals surface area contributed by atoms with Crippen molar-refractivity contribution in [1.29, 1.82) is 0 Å². The van der Waals surface area contributed by atoms with Gasteiger partial charge in [0.2, 0.25) is 0 Å². The van der Waals surface area contributed by atoms with Crippen molar-refractivity contribution in [2.45, 2.75) is 38.3 Å². The first-order valence-electron chi connectivity index (χ1n) is 8.66. The van der Waals surface area contributed by atoms with Crippen LogP contribution in [0.15, 0.2) is 54.0 Å². The van der Waals surface area contributed by atoms with E-state index < -0.39 is 11.7 Å². The van der Waals surface area contributed by atoms with Crippen molar-refractivity contribution in [3.63, 3.8) is 0 Å². The molecule has 0 bridgehead atoms. The lowest BCUT2D eigenvalue weighted by Crippen LogP contribution is -2.14. The lowest BCUT2D eigenvalue weighted by molar-refractivity contribution is -0.137. The molecule has 0 saturated heterocycles. The quantitative estimate of drug-likeness (QED) is 0.561. The maximum atomic E-state index is 12.6. The summed E-state index contributed by atoms with van der Waals surface area (Å²) < 4.78 is 37.8. The van der Waals surface area contributed by atoms with Gasteiger partial charge in [-0.2, -0.15) is 13.2 Å². The number of hydrogen-bond donors (Lipinski definition) is 0.